The van der Waals surface area contributed by atoms with Gasteiger partial charge in [0, 0.05) is 17.9 Å². The summed E-state index contributed by atoms with van der Waals surface area (Å²) in [5.74, 6) is 0.226. The lowest BCUT2D eigenvalue weighted by atomic mass is 10.0. The number of halogens is 1. The molecule has 0 saturated carbocycles. The number of esters is 1. The first kappa shape index (κ1) is 12.8. The van der Waals surface area contributed by atoms with Crippen molar-refractivity contribution in [2.45, 2.75) is 12.8 Å². The highest BCUT2D eigenvalue weighted by Gasteiger charge is 2.09. The summed E-state index contributed by atoms with van der Waals surface area (Å²) >= 11 is 5.60. The molecule has 1 rings (SSSR count). The van der Waals surface area contributed by atoms with Crippen LogP contribution in [-0.4, -0.2) is 19.0 Å². The highest BCUT2D eigenvalue weighted by molar-refractivity contribution is 6.17. The van der Waals surface area contributed by atoms with Gasteiger partial charge in [0.25, 0.3) is 0 Å². The van der Waals surface area contributed by atoms with E-state index < -0.39 is 0 Å². The van der Waals surface area contributed by atoms with Crippen molar-refractivity contribution in [3.8, 4) is 0 Å². The van der Waals surface area contributed by atoms with Gasteiger partial charge in [-0.25, -0.2) is 4.79 Å². The van der Waals surface area contributed by atoms with Crippen molar-refractivity contribution in [1.82, 2.24) is 0 Å². The van der Waals surface area contributed by atoms with Gasteiger partial charge in [-0.05, 0) is 12.0 Å². The molecule has 1 aromatic rings. The van der Waals surface area contributed by atoms with Crippen molar-refractivity contribution < 1.29 is 9.53 Å². The number of benzene rings is 1. The number of rotatable bonds is 5. The SMILES string of the molecule is COC(=O)/C(=C/CCCl)Cc1ccccc1. The van der Waals surface area contributed by atoms with Crippen LogP contribution >= 0.6 is 11.6 Å². The third-order valence-electron chi connectivity index (χ3n) is 2.18. The molecule has 2 nitrogen and oxygen atoms in total. The average Bonchev–Trinajstić information content (AvgIpc) is 2.34. The Morgan fingerprint density at radius 2 is 2.06 bits per heavy atom. The molecule has 0 unspecified atom stereocenters. The molecule has 0 radical (unpaired) electrons. The van der Waals surface area contributed by atoms with E-state index in [2.05, 4.69) is 0 Å². The van der Waals surface area contributed by atoms with Gasteiger partial charge >= 0.3 is 5.97 Å². The fourth-order valence-electron chi connectivity index (χ4n) is 1.40. The molecule has 16 heavy (non-hydrogen) atoms. The second kappa shape index (κ2) is 7.07. The van der Waals surface area contributed by atoms with Crippen LogP contribution in [0.4, 0.5) is 0 Å². The second-order valence-electron chi connectivity index (χ2n) is 3.36. The normalized spacial score (nSPS) is 11.2. The Bertz CT molecular complexity index is 357. The van der Waals surface area contributed by atoms with E-state index in [1.165, 1.54) is 7.11 Å². The number of carbonyl (C=O) groups excluding carboxylic acids is 1. The summed E-state index contributed by atoms with van der Waals surface area (Å²) in [6.45, 7) is 0. The van der Waals surface area contributed by atoms with E-state index in [1.54, 1.807) is 0 Å². The maximum absolute atomic E-state index is 11.5. The number of carbonyl (C=O) groups is 1. The van der Waals surface area contributed by atoms with Crippen LogP contribution in [0.15, 0.2) is 42.0 Å². The lowest BCUT2D eigenvalue weighted by molar-refractivity contribution is -0.136. The van der Waals surface area contributed by atoms with Gasteiger partial charge in [0.15, 0.2) is 0 Å². The molecule has 0 spiro atoms. The Balaban J connectivity index is 2.75. The number of ether oxygens (including phenoxy) is 1. The standard InChI is InChI=1S/C13H15ClO2/c1-16-13(15)12(8-5-9-14)10-11-6-3-2-4-7-11/h2-4,6-8H,5,9-10H2,1H3/b12-8+. The molecule has 0 aliphatic rings. The summed E-state index contributed by atoms with van der Waals surface area (Å²) in [6, 6.07) is 9.82. The molecule has 0 saturated heterocycles. The number of hydrogen-bond donors (Lipinski definition) is 0. The maximum Gasteiger partial charge on any atom is 0.333 e. The van der Waals surface area contributed by atoms with Crippen LogP contribution in [0.5, 0.6) is 0 Å². The van der Waals surface area contributed by atoms with E-state index in [9.17, 15) is 4.79 Å². The van der Waals surface area contributed by atoms with E-state index >= 15 is 0 Å². The highest BCUT2D eigenvalue weighted by atomic mass is 35.5. The minimum Gasteiger partial charge on any atom is -0.466 e. The van der Waals surface area contributed by atoms with E-state index in [-0.39, 0.29) is 5.97 Å². The number of methoxy groups -OCH3 is 1. The topological polar surface area (TPSA) is 26.3 Å². The zero-order chi connectivity index (χ0) is 11.8. The van der Waals surface area contributed by atoms with Crippen LogP contribution in [-0.2, 0) is 16.0 Å². The van der Waals surface area contributed by atoms with Gasteiger partial charge in [0.1, 0.15) is 0 Å². The zero-order valence-electron chi connectivity index (χ0n) is 9.28. The predicted molar refractivity (Wildman–Crippen MR) is 65.6 cm³/mol. The molecule has 0 N–H and O–H groups in total. The number of hydrogen-bond acceptors (Lipinski definition) is 2. The summed E-state index contributed by atoms with van der Waals surface area (Å²) in [4.78, 5) is 11.5. The smallest absolute Gasteiger partial charge is 0.333 e. The van der Waals surface area contributed by atoms with Crippen LogP contribution < -0.4 is 0 Å². The zero-order valence-corrected chi connectivity index (χ0v) is 10.0. The number of allylic oxidation sites excluding steroid dienone is 1. The van der Waals surface area contributed by atoms with Crippen molar-refractivity contribution in [2.24, 2.45) is 0 Å². The Morgan fingerprint density at radius 1 is 1.38 bits per heavy atom. The van der Waals surface area contributed by atoms with Crippen LogP contribution in [0.3, 0.4) is 0 Å². The minimum atomic E-state index is -0.283. The van der Waals surface area contributed by atoms with Gasteiger partial charge in [-0.3, -0.25) is 0 Å². The van der Waals surface area contributed by atoms with Gasteiger partial charge in [-0.2, -0.15) is 0 Å². The van der Waals surface area contributed by atoms with Gasteiger partial charge < -0.3 is 4.74 Å². The first-order valence-corrected chi connectivity index (χ1v) is 5.68. The van der Waals surface area contributed by atoms with E-state index in [1.807, 2.05) is 36.4 Å². The molecule has 0 aromatic heterocycles. The first-order chi connectivity index (χ1) is 7.77. The van der Waals surface area contributed by atoms with Gasteiger partial charge in [-0.1, -0.05) is 36.4 Å². The summed E-state index contributed by atoms with van der Waals surface area (Å²) in [5.41, 5.74) is 1.75. The van der Waals surface area contributed by atoms with Gasteiger partial charge in [0.05, 0.1) is 7.11 Å². The Kier molecular flexibility index (Phi) is 5.65. The summed E-state index contributed by atoms with van der Waals surface area (Å²) < 4.78 is 4.73. The summed E-state index contributed by atoms with van der Waals surface area (Å²) in [7, 11) is 1.39. The fraction of sp³-hybridized carbons (Fsp3) is 0.308. The second-order valence-corrected chi connectivity index (χ2v) is 3.74. The summed E-state index contributed by atoms with van der Waals surface area (Å²) in [6.07, 6.45) is 3.11. The molecule has 0 aliphatic heterocycles. The van der Waals surface area contributed by atoms with Gasteiger partial charge in [0.2, 0.25) is 0 Å². The predicted octanol–water partition coefficient (Wildman–Crippen LogP) is 2.96. The van der Waals surface area contributed by atoms with E-state index in [4.69, 9.17) is 16.3 Å². The van der Waals surface area contributed by atoms with Crippen LogP contribution in [0.2, 0.25) is 0 Å². The van der Waals surface area contributed by atoms with Crippen molar-refractivity contribution >= 4 is 17.6 Å². The number of alkyl halides is 1. The van der Waals surface area contributed by atoms with E-state index in [0.29, 0.717) is 24.3 Å². The van der Waals surface area contributed by atoms with Crippen molar-refractivity contribution in [2.75, 3.05) is 13.0 Å². The minimum absolute atomic E-state index is 0.283. The third-order valence-corrected chi connectivity index (χ3v) is 2.40. The van der Waals surface area contributed by atoms with Crippen LogP contribution in [0.1, 0.15) is 12.0 Å². The van der Waals surface area contributed by atoms with Crippen molar-refractivity contribution in [3.63, 3.8) is 0 Å². The molecule has 0 bridgehead atoms. The molecule has 86 valence electrons. The molecule has 3 heteroatoms. The summed E-state index contributed by atoms with van der Waals surface area (Å²) in [5, 5.41) is 0. The van der Waals surface area contributed by atoms with Gasteiger partial charge in [-0.15, -0.1) is 11.6 Å². The quantitative estimate of drug-likeness (QED) is 0.448. The van der Waals surface area contributed by atoms with Crippen LogP contribution in [0.25, 0.3) is 0 Å². The van der Waals surface area contributed by atoms with E-state index in [0.717, 1.165) is 5.56 Å². The third kappa shape index (κ3) is 4.07. The molecule has 0 atom stereocenters. The average molecular weight is 239 g/mol. The largest absolute Gasteiger partial charge is 0.466 e. The molecule has 1 aromatic carbocycles. The molecule has 0 heterocycles. The Morgan fingerprint density at radius 3 is 2.62 bits per heavy atom. The highest BCUT2D eigenvalue weighted by Crippen LogP contribution is 2.10. The molecular formula is C13H15ClO2. The lowest BCUT2D eigenvalue weighted by Crippen LogP contribution is -2.07. The monoisotopic (exact) mass is 238 g/mol. The van der Waals surface area contributed by atoms with Crippen molar-refractivity contribution in [3.05, 3.63) is 47.5 Å². The fourth-order valence-corrected chi connectivity index (χ4v) is 1.51. The Hall–Kier alpha value is -1.28. The Labute approximate surface area is 101 Å². The molecule has 0 amide bonds. The molecule has 0 fully saturated rings. The molecular weight excluding hydrogens is 224 g/mol. The lowest BCUT2D eigenvalue weighted by Gasteiger charge is -2.05. The van der Waals surface area contributed by atoms with Crippen molar-refractivity contribution in [1.29, 1.82) is 0 Å². The van der Waals surface area contributed by atoms with Crippen LogP contribution in [0, 0.1) is 0 Å². The molecule has 0 aliphatic carbocycles. The first-order valence-electron chi connectivity index (χ1n) is 5.15. The maximum atomic E-state index is 11.5.